The highest BCUT2D eigenvalue weighted by molar-refractivity contribution is 7.08. The maximum atomic E-state index is 11.1. The Labute approximate surface area is 100 Å². The highest BCUT2D eigenvalue weighted by Gasteiger charge is 2.22. The van der Waals surface area contributed by atoms with Gasteiger partial charge in [0.25, 0.3) is 5.69 Å². The van der Waals surface area contributed by atoms with E-state index in [4.69, 9.17) is 5.11 Å². The van der Waals surface area contributed by atoms with Crippen LogP contribution in [0.5, 0.6) is 0 Å². The molecule has 0 atom stereocenters. The Balaban J connectivity index is 2.76. The molecule has 0 aliphatic rings. The molecule has 0 bridgehead atoms. The van der Waals surface area contributed by atoms with Crippen molar-refractivity contribution in [1.82, 2.24) is 0 Å². The van der Waals surface area contributed by atoms with E-state index in [9.17, 15) is 14.9 Å². The van der Waals surface area contributed by atoms with Crippen LogP contribution >= 0.6 is 11.3 Å². The molecule has 0 saturated heterocycles. The molecule has 0 aliphatic carbocycles. The van der Waals surface area contributed by atoms with Gasteiger partial charge in [-0.1, -0.05) is 6.07 Å². The van der Waals surface area contributed by atoms with E-state index in [1.54, 1.807) is 16.8 Å². The van der Waals surface area contributed by atoms with Crippen LogP contribution in [0.25, 0.3) is 11.1 Å². The maximum Gasteiger partial charge on any atom is 0.336 e. The maximum absolute atomic E-state index is 11.1. The summed E-state index contributed by atoms with van der Waals surface area (Å²) in [7, 11) is 0. The molecule has 0 spiro atoms. The number of hydrogen-bond donors (Lipinski definition) is 1. The van der Waals surface area contributed by atoms with Crippen molar-refractivity contribution in [3.8, 4) is 11.1 Å². The SMILES string of the molecule is O=C(O)c1cccc([N+](=O)[O-])c1-c1ccsc1. The van der Waals surface area contributed by atoms with Gasteiger partial charge in [-0.25, -0.2) is 4.79 Å². The van der Waals surface area contributed by atoms with Crippen LogP contribution in [-0.2, 0) is 0 Å². The molecule has 86 valence electrons. The van der Waals surface area contributed by atoms with Crippen LogP contribution in [0.1, 0.15) is 10.4 Å². The van der Waals surface area contributed by atoms with Crippen molar-refractivity contribution in [2.45, 2.75) is 0 Å². The molecule has 0 saturated carbocycles. The fourth-order valence-electron chi connectivity index (χ4n) is 1.58. The highest BCUT2D eigenvalue weighted by atomic mass is 32.1. The summed E-state index contributed by atoms with van der Waals surface area (Å²) in [6.07, 6.45) is 0. The number of aromatic carboxylic acids is 1. The second-order valence-electron chi connectivity index (χ2n) is 3.27. The zero-order chi connectivity index (χ0) is 12.4. The molecule has 0 unspecified atom stereocenters. The molecule has 17 heavy (non-hydrogen) atoms. The first kappa shape index (κ1) is 11.3. The number of hydrogen-bond acceptors (Lipinski definition) is 4. The van der Waals surface area contributed by atoms with Crippen LogP contribution in [0.3, 0.4) is 0 Å². The number of nitrogens with zero attached hydrogens (tertiary/aromatic N) is 1. The number of carboxylic acid groups (broad SMARTS) is 1. The fraction of sp³-hybridized carbons (Fsp3) is 0. The molecular weight excluding hydrogens is 242 g/mol. The monoisotopic (exact) mass is 249 g/mol. The third-order valence-corrected chi connectivity index (χ3v) is 2.96. The van der Waals surface area contributed by atoms with Gasteiger partial charge in [-0.3, -0.25) is 10.1 Å². The first-order chi connectivity index (χ1) is 8.11. The fourth-order valence-corrected chi connectivity index (χ4v) is 2.23. The largest absolute Gasteiger partial charge is 0.478 e. The van der Waals surface area contributed by atoms with E-state index < -0.39 is 10.9 Å². The zero-order valence-electron chi connectivity index (χ0n) is 8.49. The van der Waals surface area contributed by atoms with E-state index in [0.717, 1.165) is 0 Å². The Morgan fingerprint density at radius 1 is 1.35 bits per heavy atom. The number of benzene rings is 1. The van der Waals surface area contributed by atoms with Gasteiger partial charge in [0, 0.05) is 11.6 Å². The molecule has 6 heteroatoms. The average Bonchev–Trinajstić information content (AvgIpc) is 2.80. The normalized spacial score (nSPS) is 10.1. The number of carbonyl (C=O) groups is 1. The molecule has 2 rings (SSSR count). The second kappa shape index (κ2) is 4.34. The van der Waals surface area contributed by atoms with Crippen molar-refractivity contribution >= 4 is 23.0 Å². The van der Waals surface area contributed by atoms with Crippen molar-refractivity contribution in [3.05, 3.63) is 50.7 Å². The predicted octanol–water partition coefficient (Wildman–Crippen LogP) is 3.02. The van der Waals surface area contributed by atoms with Crippen molar-refractivity contribution in [2.75, 3.05) is 0 Å². The van der Waals surface area contributed by atoms with E-state index in [-0.39, 0.29) is 16.8 Å². The molecule has 1 aromatic heterocycles. The Bertz CT molecular complexity index is 545. The van der Waals surface area contributed by atoms with E-state index in [2.05, 4.69) is 0 Å². The topological polar surface area (TPSA) is 80.4 Å². The lowest BCUT2D eigenvalue weighted by Gasteiger charge is -2.04. The summed E-state index contributed by atoms with van der Waals surface area (Å²) >= 11 is 1.36. The van der Waals surface area contributed by atoms with Gasteiger partial charge in [0.05, 0.1) is 16.1 Å². The van der Waals surface area contributed by atoms with E-state index in [1.807, 2.05) is 0 Å². The molecule has 0 fully saturated rings. The van der Waals surface area contributed by atoms with Gasteiger partial charge >= 0.3 is 5.97 Å². The number of rotatable bonds is 3. The van der Waals surface area contributed by atoms with Crippen molar-refractivity contribution in [1.29, 1.82) is 0 Å². The zero-order valence-corrected chi connectivity index (χ0v) is 9.31. The lowest BCUT2D eigenvalue weighted by Crippen LogP contribution is -2.02. The Morgan fingerprint density at radius 3 is 2.65 bits per heavy atom. The second-order valence-corrected chi connectivity index (χ2v) is 4.05. The number of nitro groups is 1. The quantitative estimate of drug-likeness (QED) is 0.669. The van der Waals surface area contributed by atoms with Crippen LogP contribution in [0.15, 0.2) is 35.0 Å². The van der Waals surface area contributed by atoms with Gasteiger partial charge < -0.3 is 5.11 Å². The van der Waals surface area contributed by atoms with Crippen LogP contribution in [0.2, 0.25) is 0 Å². The van der Waals surface area contributed by atoms with Crippen molar-refractivity contribution in [3.63, 3.8) is 0 Å². The van der Waals surface area contributed by atoms with E-state index in [1.165, 1.54) is 29.5 Å². The van der Waals surface area contributed by atoms with Crippen LogP contribution < -0.4 is 0 Å². The molecule has 0 amide bonds. The molecule has 0 aliphatic heterocycles. The van der Waals surface area contributed by atoms with Crippen molar-refractivity contribution in [2.24, 2.45) is 0 Å². The molecule has 2 aromatic rings. The minimum Gasteiger partial charge on any atom is -0.478 e. The standard InChI is InChI=1S/C11H7NO4S/c13-11(14)8-2-1-3-9(12(15)16)10(8)7-4-5-17-6-7/h1-6H,(H,13,14). The number of carboxylic acids is 1. The van der Waals surface area contributed by atoms with Crippen LogP contribution in [0, 0.1) is 10.1 Å². The van der Waals surface area contributed by atoms with Gasteiger partial charge in [-0.05, 0) is 22.9 Å². The molecule has 1 N–H and O–H groups in total. The van der Waals surface area contributed by atoms with Gasteiger partial charge in [0.2, 0.25) is 0 Å². The third-order valence-electron chi connectivity index (χ3n) is 2.28. The van der Waals surface area contributed by atoms with Gasteiger partial charge in [0.1, 0.15) is 0 Å². The lowest BCUT2D eigenvalue weighted by molar-refractivity contribution is -0.384. The predicted molar refractivity (Wildman–Crippen MR) is 63.4 cm³/mol. The lowest BCUT2D eigenvalue weighted by atomic mass is 10.0. The number of thiophene rings is 1. The highest BCUT2D eigenvalue weighted by Crippen LogP contribution is 2.34. The minimum absolute atomic E-state index is 0.0578. The minimum atomic E-state index is -1.17. The Hall–Kier alpha value is -2.21. The van der Waals surface area contributed by atoms with Gasteiger partial charge in [0.15, 0.2) is 0 Å². The van der Waals surface area contributed by atoms with Crippen LogP contribution in [-0.4, -0.2) is 16.0 Å². The molecular formula is C11H7NO4S. The smallest absolute Gasteiger partial charge is 0.336 e. The first-order valence-corrected chi connectivity index (χ1v) is 5.59. The molecule has 1 heterocycles. The Kier molecular flexibility index (Phi) is 2.88. The van der Waals surface area contributed by atoms with Gasteiger partial charge in [-0.2, -0.15) is 11.3 Å². The number of nitro benzene ring substituents is 1. The summed E-state index contributed by atoms with van der Waals surface area (Å²) in [6, 6.07) is 5.71. The summed E-state index contributed by atoms with van der Waals surface area (Å²) in [5.74, 6) is -1.17. The third kappa shape index (κ3) is 2.02. The average molecular weight is 249 g/mol. The van der Waals surface area contributed by atoms with Crippen molar-refractivity contribution < 1.29 is 14.8 Å². The summed E-state index contributed by atoms with van der Waals surface area (Å²) in [4.78, 5) is 21.4. The summed E-state index contributed by atoms with van der Waals surface area (Å²) in [5.41, 5.74) is 0.465. The molecule has 1 aromatic carbocycles. The first-order valence-electron chi connectivity index (χ1n) is 4.64. The van der Waals surface area contributed by atoms with E-state index in [0.29, 0.717) is 5.56 Å². The van der Waals surface area contributed by atoms with E-state index >= 15 is 0 Å². The Morgan fingerprint density at radius 2 is 2.12 bits per heavy atom. The van der Waals surface area contributed by atoms with Gasteiger partial charge in [-0.15, -0.1) is 0 Å². The summed E-state index contributed by atoms with van der Waals surface area (Å²) in [5, 5.41) is 23.4. The summed E-state index contributed by atoms with van der Waals surface area (Å²) < 4.78 is 0. The molecule has 0 radical (unpaired) electrons. The van der Waals surface area contributed by atoms with Crippen LogP contribution in [0.4, 0.5) is 5.69 Å². The summed E-state index contributed by atoms with van der Waals surface area (Å²) in [6.45, 7) is 0. The molecule has 5 nitrogen and oxygen atoms in total.